The Morgan fingerprint density at radius 2 is 1.92 bits per heavy atom. The Morgan fingerprint density at radius 3 is 2.64 bits per heavy atom. The molecule has 10 heteroatoms. The molecule has 0 aliphatic heterocycles. The summed E-state index contributed by atoms with van der Waals surface area (Å²) in [6.07, 6.45) is 0.976. The summed E-state index contributed by atoms with van der Waals surface area (Å²) < 4.78 is 12.1. The van der Waals surface area contributed by atoms with Gasteiger partial charge in [-0.3, -0.25) is 4.79 Å². The van der Waals surface area contributed by atoms with E-state index in [2.05, 4.69) is 45.1 Å². The van der Waals surface area contributed by atoms with Crippen LogP contribution in [0.2, 0.25) is 5.02 Å². The Morgan fingerprint density at radius 1 is 1.10 bits per heavy atom. The lowest BCUT2D eigenvalue weighted by atomic mass is 9.99. The van der Waals surface area contributed by atoms with Crippen LogP contribution < -0.4 is 15.4 Å². The van der Waals surface area contributed by atoms with Crippen molar-refractivity contribution in [3.05, 3.63) is 89.2 Å². The number of nitrogens with zero attached hydrogens (tertiary/aromatic N) is 3. The quantitative estimate of drug-likeness (QED) is 0.184. The molecule has 2 heterocycles. The molecular weight excluding hydrogens is 516 g/mol. The maximum Gasteiger partial charge on any atom is 0.251 e. The molecule has 0 bridgehead atoms. The van der Waals surface area contributed by atoms with E-state index in [9.17, 15) is 4.79 Å². The average Bonchev–Trinajstić information content (AvgIpc) is 3.64. The van der Waals surface area contributed by atoms with Crippen molar-refractivity contribution < 1.29 is 13.9 Å². The minimum Gasteiger partial charge on any atom is -0.491 e. The van der Waals surface area contributed by atoms with E-state index in [1.165, 1.54) is 0 Å². The zero-order valence-electron chi connectivity index (χ0n) is 21.6. The molecule has 0 saturated carbocycles. The first-order chi connectivity index (χ1) is 19.0. The Hall–Kier alpha value is -4.37. The maximum atomic E-state index is 12.4. The molecule has 39 heavy (non-hydrogen) atoms. The standard InChI is InChI=1S/C29H29ClN6O3/c1-3-18(2)25(32-21-10-8-19(9-11-21)29(37)31-16-28-33-35-36-34-28)17-38-22-12-13-23(24(30)15-22)27-14-20-6-4-5-7-26(20)39-27/h4-15,18,25,32H,3,16-17H2,1-2H3,(H,31,37)(H,33,34,35,36)/t18-,25+/m0/s1. The van der Waals surface area contributed by atoms with Gasteiger partial charge in [0.15, 0.2) is 5.82 Å². The van der Waals surface area contributed by atoms with Crippen LogP contribution in [0.15, 0.2) is 77.2 Å². The number of tetrazole rings is 1. The van der Waals surface area contributed by atoms with Crippen molar-refractivity contribution in [3.8, 4) is 17.1 Å². The molecule has 1 amide bonds. The lowest BCUT2D eigenvalue weighted by molar-refractivity contribution is 0.0950. The first kappa shape index (κ1) is 26.2. The van der Waals surface area contributed by atoms with Crippen LogP contribution in [-0.2, 0) is 6.54 Å². The van der Waals surface area contributed by atoms with E-state index in [0.29, 0.717) is 34.7 Å². The highest BCUT2D eigenvalue weighted by Gasteiger charge is 2.18. The number of para-hydroxylation sites is 1. The third-order valence-corrected chi connectivity index (χ3v) is 7.00. The predicted octanol–water partition coefficient (Wildman–Crippen LogP) is 6.10. The van der Waals surface area contributed by atoms with E-state index in [1.807, 2.05) is 60.7 Å². The lowest BCUT2D eigenvalue weighted by Gasteiger charge is -2.26. The fourth-order valence-electron chi connectivity index (χ4n) is 4.17. The minimum absolute atomic E-state index is 0.0433. The first-order valence-electron chi connectivity index (χ1n) is 12.8. The first-order valence-corrected chi connectivity index (χ1v) is 13.2. The van der Waals surface area contributed by atoms with Gasteiger partial charge in [-0.25, -0.2) is 0 Å². The fraction of sp³-hybridized carbons (Fsp3) is 0.241. The average molecular weight is 545 g/mol. The van der Waals surface area contributed by atoms with E-state index >= 15 is 0 Å². The molecular formula is C29H29ClN6O3. The summed E-state index contributed by atoms with van der Waals surface area (Å²) in [4.78, 5) is 12.4. The van der Waals surface area contributed by atoms with Crippen molar-refractivity contribution in [2.45, 2.75) is 32.9 Å². The molecule has 5 rings (SSSR count). The second-order valence-electron chi connectivity index (χ2n) is 9.33. The Bertz CT molecular complexity index is 1500. The van der Waals surface area contributed by atoms with Crippen LogP contribution >= 0.6 is 11.6 Å². The Labute approximate surface area is 230 Å². The van der Waals surface area contributed by atoms with Crippen molar-refractivity contribution in [1.82, 2.24) is 25.9 Å². The summed E-state index contributed by atoms with van der Waals surface area (Å²) in [6.45, 7) is 4.97. The van der Waals surface area contributed by atoms with Crippen LogP contribution in [0, 0.1) is 5.92 Å². The summed E-state index contributed by atoms with van der Waals surface area (Å²) in [5, 5.41) is 21.4. The molecule has 200 valence electrons. The number of fused-ring (bicyclic) bond motifs is 1. The summed E-state index contributed by atoms with van der Waals surface area (Å²) >= 11 is 6.62. The Balaban J connectivity index is 1.21. The largest absolute Gasteiger partial charge is 0.491 e. The number of furan rings is 1. The number of amides is 1. The van der Waals surface area contributed by atoms with Gasteiger partial charge in [0.1, 0.15) is 23.7 Å². The zero-order valence-corrected chi connectivity index (χ0v) is 22.4. The van der Waals surface area contributed by atoms with Gasteiger partial charge in [-0.1, -0.05) is 55.3 Å². The molecule has 0 spiro atoms. The SMILES string of the molecule is CC[C@H](C)[C@@H](COc1ccc(-c2cc3ccccc3o2)c(Cl)c1)Nc1ccc(C(=O)NCc2nn[nH]n2)cc1. The third-order valence-electron chi connectivity index (χ3n) is 6.69. The van der Waals surface area contributed by atoms with Crippen molar-refractivity contribution in [1.29, 1.82) is 0 Å². The number of hydrogen-bond acceptors (Lipinski definition) is 7. The highest BCUT2D eigenvalue weighted by atomic mass is 35.5. The monoisotopic (exact) mass is 544 g/mol. The second-order valence-corrected chi connectivity index (χ2v) is 9.73. The molecule has 0 aliphatic rings. The Kier molecular flexibility index (Phi) is 8.07. The summed E-state index contributed by atoms with van der Waals surface area (Å²) in [5.74, 6) is 1.95. The minimum atomic E-state index is -0.212. The number of aromatic amines is 1. The van der Waals surface area contributed by atoms with Gasteiger partial charge in [0.25, 0.3) is 5.91 Å². The molecule has 2 aromatic heterocycles. The van der Waals surface area contributed by atoms with E-state index < -0.39 is 0 Å². The molecule has 0 aliphatic carbocycles. The molecule has 0 saturated heterocycles. The summed E-state index contributed by atoms with van der Waals surface area (Å²) in [7, 11) is 0. The second kappa shape index (κ2) is 12.0. The van der Waals surface area contributed by atoms with Crippen molar-refractivity contribution in [2.75, 3.05) is 11.9 Å². The number of rotatable bonds is 11. The van der Waals surface area contributed by atoms with Gasteiger partial charge in [0, 0.05) is 22.2 Å². The normalized spacial score (nSPS) is 12.7. The van der Waals surface area contributed by atoms with Gasteiger partial charge in [-0.2, -0.15) is 5.21 Å². The van der Waals surface area contributed by atoms with E-state index in [4.69, 9.17) is 20.8 Å². The van der Waals surface area contributed by atoms with Crippen LogP contribution in [0.3, 0.4) is 0 Å². The number of anilines is 1. The molecule has 3 N–H and O–H groups in total. The summed E-state index contributed by atoms with van der Waals surface area (Å²) in [6, 6.07) is 22.9. The van der Waals surface area contributed by atoms with Gasteiger partial charge >= 0.3 is 0 Å². The van der Waals surface area contributed by atoms with Crippen LogP contribution in [0.5, 0.6) is 5.75 Å². The van der Waals surface area contributed by atoms with Gasteiger partial charge < -0.3 is 19.8 Å². The fourth-order valence-corrected chi connectivity index (χ4v) is 4.43. The highest BCUT2D eigenvalue weighted by Crippen LogP contribution is 2.35. The van der Waals surface area contributed by atoms with E-state index in [1.54, 1.807) is 12.1 Å². The van der Waals surface area contributed by atoms with Crippen LogP contribution in [0.4, 0.5) is 5.69 Å². The number of H-pyrrole nitrogens is 1. The topological polar surface area (TPSA) is 118 Å². The number of carbonyl (C=O) groups is 1. The van der Waals surface area contributed by atoms with Crippen LogP contribution in [0.1, 0.15) is 36.5 Å². The van der Waals surface area contributed by atoms with Gasteiger partial charge in [-0.15, -0.1) is 10.2 Å². The molecule has 0 unspecified atom stereocenters. The number of ether oxygens (including phenoxy) is 1. The number of carbonyl (C=O) groups excluding carboxylic acids is 1. The number of hydrogen-bond donors (Lipinski definition) is 3. The summed E-state index contributed by atoms with van der Waals surface area (Å²) in [5.41, 5.74) is 3.08. The highest BCUT2D eigenvalue weighted by molar-refractivity contribution is 6.33. The molecule has 0 radical (unpaired) electrons. The van der Waals surface area contributed by atoms with Crippen LogP contribution in [0.25, 0.3) is 22.3 Å². The maximum absolute atomic E-state index is 12.4. The third kappa shape index (κ3) is 6.38. The smallest absolute Gasteiger partial charge is 0.251 e. The molecule has 3 aromatic carbocycles. The van der Waals surface area contributed by atoms with E-state index in [-0.39, 0.29) is 18.5 Å². The molecule has 9 nitrogen and oxygen atoms in total. The zero-order chi connectivity index (χ0) is 27.2. The van der Waals surface area contributed by atoms with Crippen LogP contribution in [-0.4, -0.2) is 39.2 Å². The molecule has 2 atom stereocenters. The van der Waals surface area contributed by atoms with Crippen molar-refractivity contribution in [2.24, 2.45) is 5.92 Å². The number of aromatic nitrogens is 4. The predicted molar refractivity (Wildman–Crippen MR) is 151 cm³/mol. The number of benzene rings is 3. The van der Waals surface area contributed by atoms with Crippen molar-refractivity contribution >= 4 is 34.2 Å². The lowest BCUT2D eigenvalue weighted by Crippen LogP contribution is -2.33. The van der Waals surface area contributed by atoms with Crippen molar-refractivity contribution in [3.63, 3.8) is 0 Å². The number of nitrogens with one attached hydrogen (secondary N) is 3. The van der Waals surface area contributed by atoms with Gasteiger partial charge in [0.05, 0.1) is 17.6 Å². The number of halogens is 1. The van der Waals surface area contributed by atoms with Gasteiger partial charge in [0.2, 0.25) is 0 Å². The molecule has 5 aromatic rings. The van der Waals surface area contributed by atoms with E-state index in [0.717, 1.165) is 34.4 Å². The molecule has 0 fully saturated rings. The van der Waals surface area contributed by atoms with Gasteiger partial charge in [-0.05, 0) is 60.5 Å².